The number of nitrogens with zero attached hydrogens (tertiary/aromatic N) is 5. The van der Waals surface area contributed by atoms with Gasteiger partial charge in [-0.2, -0.15) is 0 Å². The summed E-state index contributed by atoms with van der Waals surface area (Å²) < 4.78 is 25.6. The Kier molecular flexibility index (Phi) is 7.09. The van der Waals surface area contributed by atoms with Gasteiger partial charge in [0.1, 0.15) is 23.3 Å². The fourth-order valence-corrected chi connectivity index (χ4v) is 5.02. The predicted octanol–water partition coefficient (Wildman–Crippen LogP) is 5.77. The zero-order valence-corrected chi connectivity index (χ0v) is 22.9. The largest absolute Gasteiger partial charge is 0.368 e. The summed E-state index contributed by atoms with van der Waals surface area (Å²) in [6, 6.07) is 16.4. The molecule has 3 heterocycles. The molecule has 36 heavy (non-hydrogen) atoms. The Morgan fingerprint density at radius 3 is 2.61 bits per heavy atom. The quantitative estimate of drug-likeness (QED) is 0.286. The number of halogens is 3. The predicted molar refractivity (Wildman–Crippen MR) is 141 cm³/mol. The van der Waals surface area contributed by atoms with Crippen LogP contribution in [0.4, 0.5) is 4.39 Å². The van der Waals surface area contributed by atoms with Crippen LogP contribution < -0.4 is 0 Å². The van der Waals surface area contributed by atoms with Crippen molar-refractivity contribution in [3.05, 3.63) is 92.5 Å². The molecule has 7 nitrogen and oxygen atoms in total. The van der Waals surface area contributed by atoms with Crippen LogP contribution in [0.3, 0.4) is 0 Å². The zero-order valence-electron chi connectivity index (χ0n) is 19.7. The van der Waals surface area contributed by atoms with Crippen molar-refractivity contribution in [1.82, 2.24) is 24.5 Å². The van der Waals surface area contributed by atoms with Crippen LogP contribution in [0.15, 0.2) is 69.7 Å². The van der Waals surface area contributed by atoms with Crippen LogP contribution in [0.2, 0.25) is 0 Å². The number of hydrogen-bond acceptors (Lipinski definition) is 4. The fourth-order valence-electron chi connectivity index (χ4n) is 4.42. The maximum absolute atomic E-state index is 14.4. The zero-order chi connectivity index (χ0) is 25.4. The number of hydrogen-bond donors (Lipinski definition) is 0. The SMILES string of the molecule is C[C@@H](c1ccc(Br)cc1F)n1cc(C2CN(C(=O)c3ccc(-c4ccc(Br)cc4)n3C)CCO2)nn1. The van der Waals surface area contributed by atoms with Gasteiger partial charge in [-0.1, -0.05) is 55.3 Å². The number of morpholine rings is 1. The van der Waals surface area contributed by atoms with E-state index < -0.39 is 6.10 Å². The van der Waals surface area contributed by atoms with Gasteiger partial charge < -0.3 is 14.2 Å². The molecule has 186 valence electrons. The molecule has 2 aromatic carbocycles. The lowest BCUT2D eigenvalue weighted by atomic mass is 10.1. The highest BCUT2D eigenvalue weighted by atomic mass is 79.9. The number of amides is 1. The molecule has 1 amide bonds. The molecule has 1 unspecified atom stereocenters. The van der Waals surface area contributed by atoms with E-state index >= 15 is 0 Å². The second-order valence-electron chi connectivity index (χ2n) is 8.75. The third-order valence-corrected chi connectivity index (χ3v) is 7.52. The van der Waals surface area contributed by atoms with Gasteiger partial charge in [-0.3, -0.25) is 4.79 Å². The molecule has 0 N–H and O–H groups in total. The Balaban J connectivity index is 1.31. The van der Waals surface area contributed by atoms with Crippen LogP contribution in [0, 0.1) is 5.82 Å². The van der Waals surface area contributed by atoms with Crippen molar-refractivity contribution < 1.29 is 13.9 Å². The van der Waals surface area contributed by atoms with Crippen LogP contribution in [0.1, 0.15) is 40.8 Å². The Hall–Kier alpha value is -2.82. The van der Waals surface area contributed by atoms with Gasteiger partial charge in [0, 0.05) is 33.8 Å². The van der Waals surface area contributed by atoms with E-state index in [2.05, 4.69) is 42.2 Å². The smallest absolute Gasteiger partial charge is 0.270 e. The molecule has 1 fully saturated rings. The third kappa shape index (κ3) is 4.89. The van der Waals surface area contributed by atoms with Gasteiger partial charge >= 0.3 is 0 Å². The molecule has 1 aliphatic heterocycles. The average Bonchev–Trinajstić information content (AvgIpc) is 3.51. The van der Waals surface area contributed by atoms with Crippen molar-refractivity contribution in [1.29, 1.82) is 0 Å². The molecule has 0 spiro atoms. The van der Waals surface area contributed by atoms with Gasteiger partial charge in [0.25, 0.3) is 5.91 Å². The van der Waals surface area contributed by atoms with Crippen molar-refractivity contribution in [2.45, 2.75) is 19.1 Å². The molecule has 0 radical (unpaired) electrons. The summed E-state index contributed by atoms with van der Waals surface area (Å²) in [6.07, 6.45) is 1.35. The van der Waals surface area contributed by atoms with Crippen molar-refractivity contribution in [2.24, 2.45) is 7.05 Å². The second kappa shape index (κ2) is 10.3. The van der Waals surface area contributed by atoms with Gasteiger partial charge in [0.2, 0.25) is 0 Å². The minimum absolute atomic E-state index is 0.0631. The summed E-state index contributed by atoms with van der Waals surface area (Å²) in [5, 5.41) is 8.49. The van der Waals surface area contributed by atoms with E-state index in [1.54, 1.807) is 27.9 Å². The highest BCUT2D eigenvalue weighted by Gasteiger charge is 2.30. The lowest BCUT2D eigenvalue weighted by Crippen LogP contribution is -2.43. The van der Waals surface area contributed by atoms with Gasteiger partial charge in [-0.25, -0.2) is 9.07 Å². The molecule has 0 aliphatic carbocycles. The van der Waals surface area contributed by atoms with E-state index in [0.29, 0.717) is 41.1 Å². The first kappa shape index (κ1) is 24.9. The first-order valence-electron chi connectivity index (χ1n) is 11.5. The van der Waals surface area contributed by atoms with E-state index in [4.69, 9.17) is 4.74 Å². The molecular formula is C26H24Br2FN5O2. The second-order valence-corrected chi connectivity index (χ2v) is 10.6. The Morgan fingerprint density at radius 1 is 1.11 bits per heavy atom. The maximum Gasteiger partial charge on any atom is 0.270 e. The van der Waals surface area contributed by atoms with Crippen molar-refractivity contribution in [3.8, 4) is 11.3 Å². The van der Waals surface area contributed by atoms with E-state index in [9.17, 15) is 9.18 Å². The van der Waals surface area contributed by atoms with Crippen molar-refractivity contribution in [2.75, 3.05) is 19.7 Å². The molecule has 0 bridgehead atoms. The lowest BCUT2D eigenvalue weighted by Gasteiger charge is -2.32. The van der Waals surface area contributed by atoms with Crippen LogP contribution >= 0.6 is 31.9 Å². The summed E-state index contributed by atoms with van der Waals surface area (Å²) in [5.74, 6) is -0.378. The van der Waals surface area contributed by atoms with Gasteiger partial charge in [-0.15, -0.1) is 5.10 Å². The average molecular weight is 617 g/mol. The minimum atomic E-state index is -0.412. The Labute approximate surface area is 225 Å². The summed E-state index contributed by atoms with van der Waals surface area (Å²) in [4.78, 5) is 15.2. The first-order valence-corrected chi connectivity index (χ1v) is 13.1. The highest BCUT2D eigenvalue weighted by molar-refractivity contribution is 9.10. The van der Waals surface area contributed by atoms with Crippen molar-refractivity contribution >= 4 is 37.8 Å². The molecule has 0 saturated carbocycles. The number of ether oxygens (including phenoxy) is 1. The van der Waals surface area contributed by atoms with Crippen LogP contribution in [0.5, 0.6) is 0 Å². The highest BCUT2D eigenvalue weighted by Crippen LogP contribution is 2.28. The summed E-state index contributed by atoms with van der Waals surface area (Å²) in [5.41, 5.74) is 3.73. The normalized spacial score (nSPS) is 16.8. The first-order chi connectivity index (χ1) is 17.3. The monoisotopic (exact) mass is 615 g/mol. The lowest BCUT2D eigenvalue weighted by molar-refractivity contribution is -0.0250. The number of carbonyl (C=O) groups excluding carboxylic acids is 1. The topological polar surface area (TPSA) is 65.2 Å². The minimum Gasteiger partial charge on any atom is -0.368 e. The maximum atomic E-state index is 14.4. The van der Waals surface area contributed by atoms with Gasteiger partial charge in [0.05, 0.1) is 25.4 Å². The van der Waals surface area contributed by atoms with Crippen LogP contribution in [0.25, 0.3) is 11.3 Å². The molecule has 1 aliphatic rings. The number of benzene rings is 2. The summed E-state index contributed by atoms with van der Waals surface area (Å²) in [7, 11) is 1.90. The van der Waals surface area contributed by atoms with E-state index in [0.717, 1.165) is 15.7 Å². The van der Waals surface area contributed by atoms with Crippen LogP contribution in [-0.2, 0) is 11.8 Å². The van der Waals surface area contributed by atoms with Crippen LogP contribution in [-0.4, -0.2) is 50.1 Å². The number of rotatable bonds is 5. The third-order valence-electron chi connectivity index (χ3n) is 6.50. The van der Waals surface area contributed by atoms with E-state index in [1.165, 1.54) is 6.07 Å². The molecule has 10 heteroatoms. The Morgan fingerprint density at radius 2 is 1.86 bits per heavy atom. The van der Waals surface area contributed by atoms with E-state index in [1.807, 2.05) is 54.9 Å². The molecule has 1 saturated heterocycles. The van der Waals surface area contributed by atoms with Crippen molar-refractivity contribution in [3.63, 3.8) is 0 Å². The fraction of sp³-hybridized carbons (Fsp3) is 0.269. The molecular weight excluding hydrogens is 593 g/mol. The van der Waals surface area contributed by atoms with E-state index in [-0.39, 0.29) is 17.8 Å². The molecule has 2 aromatic heterocycles. The summed E-state index contributed by atoms with van der Waals surface area (Å²) in [6.45, 7) is 3.10. The van der Waals surface area contributed by atoms with Gasteiger partial charge in [-0.05, 0) is 48.9 Å². The standard InChI is InChI=1S/C26H24Br2FN5O2/c1-16(20-8-7-19(28)13-21(20)29)34-14-22(30-31-34)25-15-33(11-12-36-25)26(35)24-10-9-23(32(24)2)17-3-5-18(27)6-4-17/h3-10,13-14,16,25H,11-12,15H2,1-2H3/t16-,25?/m0/s1. The number of carbonyl (C=O) groups is 1. The van der Waals surface area contributed by atoms with Gasteiger partial charge in [0.15, 0.2) is 0 Å². The molecule has 2 atom stereocenters. The summed E-state index contributed by atoms with van der Waals surface area (Å²) >= 11 is 6.75. The number of aromatic nitrogens is 4. The molecule has 4 aromatic rings. The molecule has 5 rings (SSSR count). The Bertz CT molecular complexity index is 1400.